The van der Waals surface area contributed by atoms with Crippen LogP contribution in [0.2, 0.25) is 5.02 Å². The number of hydrogen-bond acceptors (Lipinski definition) is 3. The first kappa shape index (κ1) is 18.1. The molecule has 4 nitrogen and oxygen atoms in total. The zero-order valence-electron chi connectivity index (χ0n) is 15.5. The summed E-state index contributed by atoms with van der Waals surface area (Å²) in [5, 5.41) is 7.97. The van der Waals surface area contributed by atoms with Gasteiger partial charge in [-0.25, -0.2) is 0 Å². The first-order valence-electron chi connectivity index (χ1n) is 9.48. The third-order valence-electron chi connectivity index (χ3n) is 5.04. The molecule has 0 saturated carbocycles. The third kappa shape index (κ3) is 4.18. The largest absolute Gasteiger partial charge is 0.489 e. The standard InChI is InChI=1S/C22H24ClN3O/c1-2-3-10-26-13-17-6-9-21(11-18(17)14-26)27-15-19-12-24-25-22(19)16-4-7-20(23)8-5-16/h4-9,11-12H,2-3,10,13-15H2,1H3,(H,24,25). The molecule has 1 aromatic heterocycles. The molecule has 0 bridgehead atoms. The highest BCUT2D eigenvalue weighted by Crippen LogP contribution is 2.28. The predicted octanol–water partition coefficient (Wildman–Crippen LogP) is 5.42. The Kier molecular flexibility index (Phi) is 5.46. The zero-order chi connectivity index (χ0) is 18.6. The molecule has 0 aliphatic carbocycles. The van der Waals surface area contributed by atoms with Crippen LogP contribution in [-0.4, -0.2) is 21.6 Å². The highest BCUT2D eigenvalue weighted by atomic mass is 35.5. The topological polar surface area (TPSA) is 41.1 Å². The van der Waals surface area contributed by atoms with Crippen LogP contribution in [0.15, 0.2) is 48.7 Å². The minimum Gasteiger partial charge on any atom is -0.489 e. The average Bonchev–Trinajstić information content (AvgIpc) is 3.31. The van der Waals surface area contributed by atoms with E-state index in [1.807, 2.05) is 30.5 Å². The number of unbranched alkanes of at least 4 members (excludes halogenated alkanes) is 1. The molecular weight excluding hydrogens is 358 g/mol. The number of nitrogens with one attached hydrogen (secondary N) is 1. The lowest BCUT2D eigenvalue weighted by Crippen LogP contribution is -2.17. The summed E-state index contributed by atoms with van der Waals surface area (Å²) in [4.78, 5) is 2.51. The first-order valence-corrected chi connectivity index (χ1v) is 9.86. The van der Waals surface area contributed by atoms with E-state index >= 15 is 0 Å². The molecule has 140 valence electrons. The van der Waals surface area contributed by atoms with Gasteiger partial charge in [0.25, 0.3) is 0 Å². The summed E-state index contributed by atoms with van der Waals surface area (Å²) in [5.74, 6) is 0.911. The molecule has 1 aliphatic rings. The van der Waals surface area contributed by atoms with Gasteiger partial charge in [0.15, 0.2) is 0 Å². The average molecular weight is 382 g/mol. The molecular formula is C22H24ClN3O. The van der Waals surface area contributed by atoms with Crippen molar-refractivity contribution >= 4 is 11.6 Å². The summed E-state index contributed by atoms with van der Waals surface area (Å²) in [6.07, 6.45) is 4.32. The van der Waals surface area contributed by atoms with Crippen molar-refractivity contribution in [2.75, 3.05) is 6.54 Å². The minimum atomic E-state index is 0.479. The molecule has 27 heavy (non-hydrogen) atoms. The van der Waals surface area contributed by atoms with Crippen LogP contribution in [0.25, 0.3) is 11.3 Å². The molecule has 0 saturated heterocycles. The first-order chi connectivity index (χ1) is 13.2. The van der Waals surface area contributed by atoms with E-state index in [1.54, 1.807) is 0 Å². The fourth-order valence-corrected chi connectivity index (χ4v) is 3.65. The fraction of sp³-hybridized carbons (Fsp3) is 0.318. The van der Waals surface area contributed by atoms with E-state index in [-0.39, 0.29) is 0 Å². The van der Waals surface area contributed by atoms with E-state index < -0.39 is 0 Å². The van der Waals surface area contributed by atoms with Crippen LogP contribution in [0.3, 0.4) is 0 Å². The van der Waals surface area contributed by atoms with Gasteiger partial charge in [0.1, 0.15) is 12.4 Å². The Bertz CT molecular complexity index is 904. The lowest BCUT2D eigenvalue weighted by Gasteiger charge is -2.13. The fourth-order valence-electron chi connectivity index (χ4n) is 3.52. The van der Waals surface area contributed by atoms with Crippen LogP contribution in [0.5, 0.6) is 5.75 Å². The Morgan fingerprint density at radius 3 is 2.74 bits per heavy atom. The lowest BCUT2D eigenvalue weighted by atomic mass is 10.1. The van der Waals surface area contributed by atoms with Crippen molar-refractivity contribution in [2.24, 2.45) is 0 Å². The van der Waals surface area contributed by atoms with Crippen molar-refractivity contribution in [3.8, 4) is 17.0 Å². The number of hydrogen-bond donors (Lipinski definition) is 1. The predicted molar refractivity (Wildman–Crippen MR) is 109 cm³/mol. The number of rotatable bonds is 7. The summed E-state index contributed by atoms with van der Waals surface area (Å²) in [5.41, 5.74) is 5.86. The van der Waals surface area contributed by atoms with E-state index in [1.165, 1.54) is 30.5 Å². The Balaban J connectivity index is 1.42. The second-order valence-electron chi connectivity index (χ2n) is 7.06. The number of fused-ring (bicyclic) bond motifs is 1. The molecule has 2 aromatic carbocycles. The van der Waals surface area contributed by atoms with Gasteiger partial charge < -0.3 is 4.74 Å². The van der Waals surface area contributed by atoms with Crippen molar-refractivity contribution < 1.29 is 4.74 Å². The highest BCUT2D eigenvalue weighted by molar-refractivity contribution is 6.30. The second kappa shape index (κ2) is 8.15. The van der Waals surface area contributed by atoms with Gasteiger partial charge in [-0.2, -0.15) is 5.10 Å². The van der Waals surface area contributed by atoms with E-state index in [0.29, 0.717) is 6.61 Å². The molecule has 0 atom stereocenters. The molecule has 0 unspecified atom stereocenters. The smallest absolute Gasteiger partial charge is 0.120 e. The van der Waals surface area contributed by atoms with Crippen LogP contribution in [-0.2, 0) is 19.7 Å². The molecule has 0 spiro atoms. The van der Waals surface area contributed by atoms with Crippen LogP contribution in [0.4, 0.5) is 0 Å². The molecule has 1 aliphatic heterocycles. The quantitative estimate of drug-likeness (QED) is 0.593. The number of aromatic nitrogens is 2. The van der Waals surface area contributed by atoms with Gasteiger partial charge >= 0.3 is 0 Å². The van der Waals surface area contributed by atoms with Crippen LogP contribution in [0.1, 0.15) is 36.5 Å². The molecule has 2 heterocycles. The summed E-state index contributed by atoms with van der Waals surface area (Å²) in [7, 11) is 0. The number of benzene rings is 2. The number of ether oxygens (including phenoxy) is 1. The molecule has 0 fully saturated rings. The third-order valence-corrected chi connectivity index (χ3v) is 5.29. The Labute approximate surface area is 165 Å². The molecule has 4 rings (SSSR count). The Hall–Kier alpha value is -2.30. The monoisotopic (exact) mass is 381 g/mol. The molecule has 0 amide bonds. The van der Waals surface area contributed by atoms with Gasteiger partial charge in [0, 0.05) is 29.2 Å². The van der Waals surface area contributed by atoms with Crippen molar-refractivity contribution in [2.45, 2.75) is 39.5 Å². The SMILES string of the molecule is CCCCN1Cc2ccc(OCc3cn[nH]c3-c3ccc(Cl)cc3)cc2C1. The molecule has 5 heteroatoms. The number of aromatic amines is 1. The molecule has 3 aromatic rings. The summed E-state index contributed by atoms with van der Waals surface area (Å²) < 4.78 is 6.07. The number of nitrogens with zero attached hydrogens (tertiary/aromatic N) is 2. The van der Waals surface area contributed by atoms with Gasteiger partial charge in [0.05, 0.1) is 11.9 Å². The maximum absolute atomic E-state index is 6.07. The second-order valence-corrected chi connectivity index (χ2v) is 7.50. The summed E-state index contributed by atoms with van der Waals surface area (Å²) in [6.45, 7) is 5.96. The zero-order valence-corrected chi connectivity index (χ0v) is 16.3. The van der Waals surface area contributed by atoms with Crippen LogP contribution >= 0.6 is 11.6 Å². The van der Waals surface area contributed by atoms with Crippen molar-refractivity contribution in [1.82, 2.24) is 15.1 Å². The summed E-state index contributed by atoms with van der Waals surface area (Å²) >= 11 is 5.98. The van der Waals surface area contributed by atoms with Gasteiger partial charge in [-0.15, -0.1) is 0 Å². The Morgan fingerprint density at radius 2 is 1.93 bits per heavy atom. The van der Waals surface area contributed by atoms with E-state index in [4.69, 9.17) is 16.3 Å². The minimum absolute atomic E-state index is 0.479. The van der Waals surface area contributed by atoms with Gasteiger partial charge in [0.2, 0.25) is 0 Å². The highest BCUT2D eigenvalue weighted by Gasteiger charge is 2.19. The maximum atomic E-state index is 6.07. The maximum Gasteiger partial charge on any atom is 0.120 e. The van der Waals surface area contributed by atoms with Crippen molar-refractivity contribution in [1.29, 1.82) is 0 Å². The lowest BCUT2D eigenvalue weighted by molar-refractivity contribution is 0.279. The van der Waals surface area contributed by atoms with Crippen LogP contribution < -0.4 is 4.74 Å². The molecule has 0 radical (unpaired) electrons. The number of halogens is 1. The van der Waals surface area contributed by atoms with Crippen molar-refractivity contribution in [3.05, 3.63) is 70.4 Å². The van der Waals surface area contributed by atoms with Crippen molar-refractivity contribution in [3.63, 3.8) is 0 Å². The Morgan fingerprint density at radius 1 is 1.11 bits per heavy atom. The summed E-state index contributed by atoms with van der Waals surface area (Å²) in [6, 6.07) is 14.2. The van der Waals surface area contributed by atoms with Crippen LogP contribution in [0, 0.1) is 0 Å². The van der Waals surface area contributed by atoms with E-state index in [9.17, 15) is 0 Å². The molecule has 1 N–H and O–H groups in total. The van der Waals surface area contributed by atoms with E-state index in [2.05, 4.69) is 40.2 Å². The normalized spacial score (nSPS) is 13.7. The van der Waals surface area contributed by atoms with E-state index in [0.717, 1.165) is 40.7 Å². The number of H-pyrrole nitrogens is 1. The van der Waals surface area contributed by atoms with Gasteiger partial charge in [-0.1, -0.05) is 43.1 Å². The van der Waals surface area contributed by atoms with Gasteiger partial charge in [-0.3, -0.25) is 10.00 Å². The van der Waals surface area contributed by atoms with Gasteiger partial charge in [-0.05, 0) is 48.4 Å².